The summed E-state index contributed by atoms with van der Waals surface area (Å²) >= 11 is 1.87. The van der Waals surface area contributed by atoms with E-state index in [1.54, 1.807) is 0 Å². The summed E-state index contributed by atoms with van der Waals surface area (Å²) in [7, 11) is 0. The molecule has 0 aliphatic carbocycles. The molecule has 0 saturated carbocycles. The van der Waals surface area contributed by atoms with Gasteiger partial charge in [-0.2, -0.15) is 0 Å². The molecular weight excluding hydrogens is 340 g/mol. The van der Waals surface area contributed by atoms with Crippen molar-refractivity contribution in [1.82, 2.24) is 0 Å². The summed E-state index contributed by atoms with van der Waals surface area (Å²) in [6.07, 6.45) is 1.10. The highest BCUT2D eigenvalue weighted by Crippen LogP contribution is 2.40. The molecule has 2 aliphatic heterocycles. The van der Waals surface area contributed by atoms with E-state index < -0.39 is 5.72 Å². The highest BCUT2D eigenvalue weighted by atomic mass is 32.2. The van der Waals surface area contributed by atoms with Crippen LogP contribution in [0.2, 0.25) is 0 Å². The molecule has 136 valence electrons. The summed E-state index contributed by atoms with van der Waals surface area (Å²) < 4.78 is 2.22. The number of β-amino-alcohol motifs (C(OH)–C–C–N with tert-alkyl or cyclic N) is 1. The number of amidine groups is 1. The molecule has 26 heavy (non-hydrogen) atoms. The van der Waals surface area contributed by atoms with Crippen LogP contribution in [0.4, 0.5) is 5.69 Å². The van der Waals surface area contributed by atoms with Gasteiger partial charge in [0.2, 0.25) is 0 Å². The van der Waals surface area contributed by atoms with Gasteiger partial charge in [-0.1, -0.05) is 35.9 Å². The Hall–Kier alpha value is -1.78. The number of hydrogen-bond donors (Lipinski definition) is 1. The zero-order valence-corrected chi connectivity index (χ0v) is 16.9. The Morgan fingerprint density at radius 3 is 2.65 bits per heavy atom. The van der Waals surface area contributed by atoms with Gasteiger partial charge in [0, 0.05) is 11.3 Å². The van der Waals surface area contributed by atoms with Gasteiger partial charge in [0.25, 0.3) is 5.72 Å². The number of aryl methyl sites for hydroxylation is 3. The molecule has 0 saturated heterocycles. The van der Waals surface area contributed by atoms with Crippen LogP contribution in [0.1, 0.15) is 34.2 Å². The molecule has 0 aromatic heterocycles. The quantitative estimate of drug-likeness (QED) is 0.810. The maximum atomic E-state index is 11.9. The Bertz CT molecular complexity index is 905. The first kappa shape index (κ1) is 17.6. The monoisotopic (exact) mass is 367 g/mol. The Labute approximate surface area is 160 Å². The van der Waals surface area contributed by atoms with Crippen LogP contribution in [-0.2, 0) is 5.72 Å². The van der Waals surface area contributed by atoms with Gasteiger partial charge < -0.3 is 5.11 Å². The third kappa shape index (κ3) is 2.67. The van der Waals surface area contributed by atoms with Crippen molar-refractivity contribution in [2.75, 3.05) is 23.7 Å². The summed E-state index contributed by atoms with van der Waals surface area (Å²) in [6.45, 7) is 10.0. The number of benzene rings is 2. The lowest BCUT2D eigenvalue weighted by Crippen LogP contribution is -2.42. The van der Waals surface area contributed by atoms with E-state index in [0.717, 1.165) is 29.8 Å². The molecule has 2 aromatic rings. The minimum absolute atomic E-state index is 0.573. The number of aliphatic hydroxyl groups is 1. The number of hydrogen-bond acceptors (Lipinski definition) is 3. The van der Waals surface area contributed by atoms with Crippen LogP contribution in [0, 0.1) is 27.7 Å². The standard InChI is InChI=1S/C22H27N2OS/c1-15-9-10-19(17(3)13-15)22(25)14-23(21-24(22)11-6-12-26-21)20-8-5-7-16(2)18(20)4/h5,7-10,13,25H,6,11-12,14H2,1-4H3/q+1. The predicted octanol–water partition coefficient (Wildman–Crippen LogP) is 4.09. The second kappa shape index (κ2) is 6.43. The topological polar surface area (TPSA) is 26.5 Å². The lowest BCUT2D eigenvalue weighted by molar-refractivity contribution is -0.656. The SMILES string of the molecule is Cc1ccc(C2(O)CN(c3cccc(C)c3C)C3=[N+]2CCCS3)c(C)c1. The van der Waals surface area contributed by atoms with E-state index >= 15 is 0 Å². The van der Waals surface area contributed by atoms with Gasteiger partial charge in [-0.05, 0) is 68.6 Å². The van der Waals surface area contributed by atoms with Gasteiger partial charge in [0.15, 0.2) is 6.54 Å². The van der Waals surface area contributed by atoms with Gasteiger partial charge in [-0.15, -0.1) is 0 Å². The zero-order chi connectivity index (χ0) is 18.5. The van der Waals surface area contributed by atoms with Gasteiger partial charge in [-0.3, -0.25) is 0 Å². The van der Waals surface area contributed by atoms with Crippen LogP contribution in [-0.4, -0.2) is 33.7 Å². The molecule has 4 heteroatoms. The Morgan fingerprint density at radius 2 is 1.88 bits per heavy atom. The maximum absolute atomic E-state index is 11.9. The first-order chi connectivity index (χ1) is 12.4. The molecule has 0 bridgehead atoms. The second-order valence-electron chi connectivity index (χ2n) is 7.58. The van der Waals surface area contributed by atoms with E-state index in [-0.39, 0.29) is 0 Å². The molecule has 0 radical (unpaired) electrons. The van der Waals surface area contributed by atoms with Crippen LogP contribution in [0.3, 0.4) is 0 Å². The average molecular weight is 368 g/mol. The summed E-state index contributed by atoms with van der Waals surface area (Å²) in [5.41, 5.74) is 6.22. The van der Waals surface area contributed by atoms with E-state index in [1.165, 1.54) is 27.5 Å². The summed E-state index contributed by atoms with van der Waals surface area (Å²) in [5, 5.41) is 13.1. The van der Waals surface area contributed by atoms with Crippen molar-refractivity contribution in [3.05, 3.63) is 64.2 Å². The first-order valence-electron chi connectivity index (χ1n) is 9.33. The largest absolute Gasteiger partial charge is 0.346 e. The van der Waals surface area contributed by atoms with Crippen molar-refractivity contribution < 1.29 is 9.68 Å². The van der Waals surface area contributed by atoms with Crippen LogP contribution >= 0.6 is 11.8 Å². The third-order valence-electron chi connectivity index (χ3n) is 5.72. The van der Waals surface area contributed by atoms with Crippen molar-refractivity contribution in [3.8, 4) is 0 Å². The molecule has 2 aromatic carbocycles. The van der Waals surface area contributed by atoms with Gasteiger partial charge in [-0.25, -0.2) is 9.48 Å². The van der Waals surface area contributed by atoms with Crippen molar-refractivity contribution in [2.45, 2.75) is 39.8 Å². The van der Waals surface area contributed by atoms with Gasteiger partial charge in [0.05, 0.1) is 6.54 Å². The minimum atomic E-state index is -0.975. The van der Waals surface area contributed by atoms with E-state index in [4.69, 9.17) is 0 Å². The molecule has 2 heterocycles. The smallest absolute Gasteiger partial charge is 0.316 e. The van der Waals surface area contributed by atoms with Crippen molar-refractivity contribution in [1.29, 1.82) is 0 Å². The molecule has 0 fully saturated rings. The number of thioether (sulfide) groups is 1. The number of rotatable bonds is 2. The van der Waals surface area contributed by atoms with Crippen molar-refractivity contribution in [2.24, 2.45) is 0 Å². The average Bonchev–Trinajstić information content (AvgIpc) is 2.91. The Morgan fingerprint density at radius 1 is 1.08 bits per heavy atom. The van der Waals surface area contributed by atoms with Crippen molar-refractivity contribution in [3.63, 3.8) is 0 Å². The summed E-state index contributed by atoms with van der Waals surface area (Å²) in [5.74, 6) is 1.11. The highest BCUT2D eigenvalue weighted by Gasteiger charge is 2.54. The lowest BCUT2D eigenvalue weighted by atomic mass is 9.95. The first-order valence-corrected chi connectivity index (χ1v) is 10.3. The van der Waals surface area contributed by atoms with Crippen LogP contribution < -0.4 is 4.90 Å². The molecule has 0 amide bonds. The van der Waals surface area contributed by atoms with Gasteiger partial charge in [0.1, 0.15) is 5.69 Å². The summed E-state index contributed by atoms with van der Waals surface area (Å²) in [6, 6.07) is 12.8. The molecule has 1 N–H and O–H groups in total. The Balaban J connectivity index is 1.86. The number of anilines is 1. The van der Waals surface area contributed by atoms with E-state index in [1.807, 2.05) is 11.8 Å². The summed E-state index contributed by atoms with van der Waals surface area (Å²) in [4.78, 5) is 2.32. The molecule has 3 nitrogen and oxygen atoms in total. The third-order valence-corrected chi connectivity index (χ3v) is 6.92. The highest BCUT2D eigenvalue weighted by molar-refractivity contribution is 8.13. The fraction of sp³-hybridized carbons (Fsp3) is 0.409. The minimum Gasteiger partial charge on any atom is -0.346 e. The maximum Gasteiger partial charge on any atom is 0.316 e. The molecule has 0 spiro atoms. The van der Waals surface area contributed by atoms with Crippen LogP contribution in [0.5, 0.6) is 0 Å². The van der Waals surface area contributed by atoms with Crippen molar-refractivity contribution >= 4 is 22.6 Å². The van der Waals surface area contributed by atoms with Crippen LogP contribution in [0.25, 0.3) is 0 Å². The molecular formula is C22H27N2OS+. The molecule has 1 atom stereocenters. The van der Waals surface area contributed by atoms with E-state index in [0.29, 0.717) is 6.54 Å². The second-order valence-corrected chi connectivity index (χ2v) is 8.64. The molecule has 2 aliphatic rings. The number of nitrogens with zero attached hydrogens (tertiary/aromatic N) is 2. The lowest BCUT2D eigenvalue weighted by Gasteiger charge is -2.26. The van der Waals surface area contributed by atoms with Gasteiger partial charge >= 0.3 is 5.17 Å². The van der Waals surface area contributed by atoms with E-state index in [9.17, 15) is 5.11 Å². The zero-order valence-electron chi connectivity index (χ0n) is 16.0. The Kier molecular flexibility index (Phi) is 4.36. The fourth-order valence-corrected chi connectivity index (χ4v) is 5.38. The fourth-order valence-electron chi connectivity index (χ4n) is 4.21. The van der Waals surface area contributed by atoms with E-state index in [2.05, 4.69) is 73.6 Å². The predicted molar refractivity (Wildman–Crippen MR) is 110 cm³/mol. The van der Waals surface area contributed by atoms with Crippen LogP contribution in [0.15, 0.2) is 36.4 Å². The molecule has 4 rings (SSSR count). The normalized spacial score (nSPS) is 22.7. The molecule has 1 unspecified atom stereocenters.